The molecule has 0 radical (unpaired) electrons. The highest BCUT2D eigenvalue weighted by molar-refractivity contribution is 5.98. The fourth-order valence-electron chi connectivity index (χ4n) is 1.52. The molecular formula is C11H12N2O2. The topological polar surface area (TPSA) is 64.7 Å². The minimum Gasteiger partial charge on any atom is -0.472 e. The molecule has 1 aliphatic rings. The van der Waals surface area contributed by atoms with Gasteiger partial charge in [0.05, 0.1) is 0 Å². The Labute approximate surface area is 87.8 Å². The molecule has 2 atom stereocenters. The Morgan fingerprint density at radius 2 is 2.07 bits per heavy atom. The third-order valence-corrected chi connectivity index (χ3v) is 2.31. The lowest BCUT2D eigenvalue weighted by atomic mass is 10.2. The van der Waals surface area contributed by atoms with Gasteiger partial charge in [-0.15, -0.1) is 0 Å². The standard InChI is InChI=1S/C11H12N2O2/c1-7-9(10(12)14)13-11(15-7)8-5-3-2-4-6-8/h2-7,9H,1H3,(H2,12,14). The first kappa shape index (κ1) is 9.71. The van der Waals surface area contributed by atoms with Crippen molar-refractivity contribution in [2.45, 2.75) is 19.1 Å². The molecule has 1 heterocycles. The summed E-state index contributed by atoms with van der Waals surface area (Å²) in [4.78, 5) is 15.2. The zero-order valence-electron chi connectivity index (χ0n) is 8.38. The SMILES string of the molecule is CC1OC(c2ccccc2)=NC1C(N)=O. The van der Waals surface area contributed by atoms with Crippen molar-refractivity contribution >= 4 is 11.8 Å². The van der Waals surface area contributed by atoms with Gasteiger partial charge in [0, 0.05) is 5.56 Å². The molecule has 0 spiro atoms. The van der Waals surface area contributed by atoms with Crippen molar-refractivity contribution in [3.8, 4) is 0 Å². The summed E-state index contributed by atoms with van der Waals surface area (Å²) in [6.45, 7) is 1.79. The summed E-state index contributed by atoms with van der Waals surface area (Å²) in [6.07, 6.45) is -0.280. The number of nitrogens with zero attached hydrogens (tertiary/aromatic N) is 1. The third kappa shape index (κ3) is 1.83. The number of amides is 1. The van der Waals surface area contributed by atoms with Gasteiger partial charge in [-0.3, -0.25) is 4.79 Å². The molecular weight excluding hydrogens is 192 g/mol. The van der Waals surface area contributed by atoms with E-state index < -0.39 is 11.9 Å². The van der Waals surface area contributed by atoms with E-state index >= 15 is 0 Å². The zero-order valence-corrected chi connectivity index (χ0v) is 8.38. The molecule has 1 amide bonds. The smallest absolute Gasteiger partial charge is 0.246 e. The first-order chi connectivity index (χ1) is 7.18. The number of carbonyl (C=O) groups excluding carboxylic acids is 1. The molecule has 2 unspecified atom stereocenters. The molecule has 1 aromatic rings. The van der Waals surface area contributed by atoms with Crippen molar-refractivity contribution in [1.82, 2.24) is 0 Å². The number of carbonyl (C=O) groups is 1. The highest BCUT2D eigenvalue weighted by atomic mass is 16.5. The van der Waals surface area contributed by atoms with Crippen LogP contribution in [0.15, 0.2) is 35.3 Å². The van der Waals surface area contributed by atoms with E-state index in [4.69, 9.17) is 10.5 Å². The largest absolute Gasteiger partial charge is 0.472 e. The number of hydrogen-bond acceptors (Lipinski definition) is 3. The first-order valence-corrected chi connectivity index (χ1v) is 4.77. The van der Waals surface area contributed by atoms with Gasteiger partial charge in [-0.05, 0) is 19.1 Å². The van der Waals surface area contributed by atoms with Crippen LogP contribution >= 0.6 is 0 Å². The maximum absolute atomic E-state index is 11.0. The van der Waals surface area contributed by atoms with Crippen LogP contribution in [0.2, 0.25) is 0 Å². The summed E-state index contributed by atoms with van der Waals surface area (Å²) < 4.78 is 5.47. The van der Waals surface area contributed by atoms with Crippen LogP contribution in [0.1, 0.15) is 12.5 Å². The summed E-state index contributed by atoms with van der Waals surface area (Å²) in [6, 6.07) is 8.89. The van der Waals surface area contributed by atoms with Crippen LogP contribution in [-0.4, -0.2) is 24.0 Å². The minimum atomic E-state index is -0.569. The maximum Gasteiger partial charge on any atom is 0.246 e. The number of ether oxygens (including phenoxy) is 1. The summed E-state index contributed by atoms with van der Waals surface area (Å²) in [7, 11) is 0. The summed E-state index contributed by atoms with van der Waals surface area (Å²) in [5.41, 5.74) is 6.07. The second-order valence-corrected chi connectivity index (χ2v) is 3.47. The van der Waals surface area contributed by atoms with E-state index in [2.05, 4.69) is 4.99 Å². The molecule has 4 heteroatoms. The number of benzene rings is 1. The van der Waals surface area contributed by atoms with Crippen molar-refractivity contribution in [2.24, 2.45) is 10.7 Å². The van der Waals surface area contributed by atoms with Crippen LogP contribution in [0.3, 0.4) is 0 Å². The van der Waals surface area contributed by atoms with E-state index in [0.717, 1.165) is 5.56 Å². The molecule has 0 aromatic heterocycles. The monoisotopic (exact) mass is 204 g/mol. The second kappa shape index (κ2) is 3.73. The van der Waals surface area contributed by atoms with Crippen LogP contribution in [-0.2, 0) is 9.53 Å². The van der Waals surface area contributed by atoms with Crippen LogP contribution in [0.25, 0.3) is 0 Å². The average Bonchev–Trinajstić information content (AvgIpc) is 2.62. The number of rotatable bonds is 2. The van der Waals surface area contributed by atoms with Crippen LogP contribution in [0.4, 0.5) is 0 Å². The van der Waals surface area contributed by atoms with Gasteiger partial charge in [-0.1, -0.05) is 18.2 Å². The fraction of sp³-hybridized carbons (Fsp3) is 0.273. The maximum atomic E-state index is 11.0. The third-order valence-electron chi connectivity index (χ3n) is 2.31. The molecule has 2 rings (SSSR count). The lowest BCUT2D eigenvalue weighted by molar-refractivity contribution is -0.120. The predicted molar refractivity (Wildman–Crippen MR) is 56.5 cm³/mol. The Bertz CT molecular complexity index is 400. The van der Waals surface area contributed by atoms with Gasteiger partial charge in [0.15, 0.2) is 6.04 Å². The van der Waals surface area contributed by atoms with E-state index in [0.29, 0.717) is 5.90 Å². The average molecular weight is 204 g/mol. The molecule has 0 aliphatic carbocycles. The van der Waals surface area contributed by atoms with Crippen molar-refractivity contribution in [3.05, 3.63) is 35.9 Å². The van der Waals surface area contributed by atoms with E-state index in [1.54, 1.807) is 6.92 Å². The van der Waals surface area contributed by atoms with Gasteiger partial charge in [0.25, 0.3) is 0 Å². The number of primary amides is 1. The molecule has 0 saturated heterocycles. The molecule has 0 saturated carbocycles. The van der Waals surface area contributed by atoms with Gasteiger partial charge >= 0.3 is 0 Å². The van der Waals surface area contributed by atoms with Crippen LogP contribution in [0.5, 0.6) is 0 Å². The van der Waals surface area contributed by atoms with E-state index in [-0.39, 0.29) is 6.10 Å². The highest BCUT2D eigenvalue weighted by Crippen LogP contribution is 2.17. The highest BCUT2D eigenvalue weighted by Gasteiger charge is 2.31. The van der Waals surface area contributed by atoms with E-state index in [1.165, 1.54) is 0 Å². The molecule has 2 N–H and O–H groups in total. The van der Waals surface area contributed by atoms with E-state index in [9.17, 15) is 4.79 Å². The Hall–Kier alpha value is -1.84. The van der Waals surface area contributed by atoms with Crippen molar-refractivity contribution < 1.29 is 9.53 Å². The van der Waals surface area contributed by atoms with E-state index in [1.807, 2.05) is 30.3 Å². The second-order valence-electron chi connectivity index (χ2n) is 3.47. The van der Waals surface area contributed by atoms with Crippen molar-refractivity contribution in [2.75, 3.05) is 0 Å². The normalized spacial score (nSPS) is 24.5. The van der Waals surface area contributed by atoms with Gasteiger partial charge in [0.2, 0.25) is 11.8 Å². The molecule has 78 valence electrons. The van der Waals surface area contributed by atoms with Crippen molar-refractivity contribution in [1.29, 1.82) is 0 Å². The zero-order chi connectivity index (χ0) is 10.8. The lowest BCUT2D eigenvalue weighted by Gasteiger charge is -2.08. The Balaban J connectivity index is 2.27. The Kier molecular flexibility index (Phi) is 2.41. The van der Waals surface area contributed by atoms with Gasteiger partial charge in [-0.2, -0.15) is 0 Å². The Morgan fingerprint density at radius 3 is 2.60 bits per heavy atom. The van der Waals surface area contributed by atoms with Gasteiger partial charge in [-0.25, -0.2) is 4.99 Å². The quantitative estimate of drug-likeness (QED) is 0.770. The summed E-state index contributed by atoms with van der Waals surface area (Å²) >= 11 is 0. The Morgan fingerprint density at radius 1 is 1.40 bits per heavy atom. The molecule has 4 nitrogen and oxygen atoms in total. The summed E-state index contributed by atoms with van der Waals surface area (Å²) in [5.74, 6) is 0.0420. The number of nitrogens with two attached hydrogens (primary N) is 1. The van der Waals surface area contributed by atoms with Crippen molar-refractivity contribution in [3.63, 3.8) is 0 Å². The van der Waals surface area contributed by atoms with Gasteiger partial charge in [0.1, 0.15) is 6.10 Å². The van der Waals surface area contributed by atoms with Gasteiger partial charge < -0.3 is 10.5 Å². The van der Waals surface area contributed by atoms with Crippen LogP contribution in [0, 0.1) is 0 Å². The number of hydrogen-bond donors (Lipinski definition) is 1. The summed E-state index contributed by atoms with van der Waals surface area (Å²) in [5, 5.41) is 0. The van der Waals surface area contributed by atoms with Crippen LogP contribution < -0.4 is 5.73 Å². The predicted octanol–water partition coefficient (Wildman–Crippen LogP) is 0.706. The minimum absolute atomic E-state index is 0.280. The fourth-order valence-corrected chi connectivity index (χ4v) is 1.52. The number of aliphatic imine (C=N–C) groups is 1. The molecule has 1 aromatic carbocycles. The first-order valence-electron chi connectivity index (χ1n) is 4.77. The molecule has 1 aliphatic heterocycles. The molecule has 15 heavy (non-hydrogen) atoms. The molecule has 0 fully saturated rings. The lowest BCUT2D eigenvalue weighted by Crippen LogP contribution is -2.33. The molecule has 0 bridgehead atoms.